The minimum atomic E-state index is -0.134. The fraction of sp³-hybridized carbons (Fsp3) is 0.400. The molecule has 1 atom stereocenters. The van der Waals surface area contributed by atoms with Crippen LogP contribution < -0.4 is 5.32 Å². The lowest BCUT2D eigenvalue weighted by Gasteiger charge is -2.22. The van der Waals surface area contributed by atoms with Crippen LogP contribution in [0.25, 0.3) is 0 Å². The van der Waals surface area contributed by atoms with Gasteiger partial charge in [-0.05, 0) is 36.6 Å². The summed E-state index contributed by atoms with van der Waals surface area (Å²) in [6.07, 6.45) is 1.01. The molecule has 0 radical (unpaired) electrons. The van der Waals surface area contributed by atoms with E-state index in [1.54, 1.807) is 6.07 Å². The Balaban J connectivity index is 2.37. The van der Waals surface area contributed by atoms with Crippen molar-refractivity contribution in [3.05, 3.63) is 35.1 Å². The van der Waals surface area contributed by atoms with Crippen molar-refractivity contribution in [2.24, 2.45) is 0 Å². The number of fused-ring (bicyclic) bond motifs is 1. The third kappa shape index (κ3) is 1.34. The second-order valence-electron chi connectivity index (χ2n) is 3.40. The Morgan fingerprint density at radius 2 is 2.25 bits per heavy atom. The summed E-state index contributed by atoms with van der Waals surface area (Å²) in [6, 6.07) is 5.57. The van der Waals surface area contributed by atoms with Gasteiger partial charge in [0.1, 0.15) is 5.82 Å². The minimum absolute atomic E-state index is 0.134. The first-order chi connectivity index (χ1) is 5.75. The molecule has 1 aromatic carbocycles. The molecule has 1 N–H and O–H groups in total. The topological polar surface area (TPSA) is 12.0 Å². The van der Waals surface area contributed by atoms with Crippen molar-refractivity contribution in [1.29, 1.82) is 0 Å². The average Bonchev–Trinajstić information content (AvgIpc) is 2.05. The molecule has 0 spiro atoms. The molecule has 64 valence electrons. The van der Waals surface area contributed by atoms with E-state index in [0.717, 1.165) is 18.5 Å². The van der Waals surface area contributed by atoms with Crippen molar-refractivity contribution in [2.75, 3.05) is 0 Å². The highest BCUT2D eigenvalue weighted by atomic mass is 19.1. The zero-order valence-electron chi connectivity index (χ0n) is 7.10. The normalized spacial score (nSPS) is 22.0. The molecule has 0 aliphatic carbocycles. The Kier molecular flexibility index (Phi) is 1.85. The molecule has 2 heteroatoms. The van der Waals surface area contributed by atoms with E-state index in [2.05, 4.69) is 12.2 Å². The predicted octanol–water partition coefficient (Wildman–Crippen LogP) is 1.86. The molecule has 1 heterocycles. The molecule has 12 heavy (non-hydrogen) atoms. The van der Waals surface area contributed by atoms with E-state index in [1.165, 1.54) is 11.6 Å². The zero-order chi connectivity index (χ0) is 8.55. The second-order valence-corrected chi connectivity index (χ2v) is 3.40. The average molecular weight is 165 g/mol. The van der Waals surface area contributed by atoms with Crippen molar-refractivity contribution < 1.29 is 4.39 Å². The van der Waals surface area contributed by atoms with Gasteiger partial charge in [-0.15, -0.1) is 0 Å². The van der Waals surface area contributed by atoms with Gasteiger partial charge in [-0.2, -0.15) is 0 Å². The fourth-order valence-corrected chi connectivity index (χ4v) is 1.64. The van der Waals surface area contributed by atoms with E-state index in [0.29, 0.717) is 6.04 Å². The number of halogens is 1. The van der Waals surface area contributed by atoms with Gasteiger partial charge in [-0.1, -0.05) is 6.07 Å². The van der Waals surface area contributed by atoms with Crippen molar-refractivity contribution in [2.45, 2.75) is 25.9 Å². The van der Waals surface area contributed by atoms with Crippen molar-refractivity contribution in [1.82, 2.24) is 5.32 Å². The molecule has 0 aromatic heterocycles. The quantitative estimate of drug-likeness (QED) is 0.618. The molecule has 1 aliphatic heterocycles. The third-order valence-corrected chi connectivity index (χ3v) is 2.34. The van der Waals surface area contributed by atoms with Gasteiger partial charge in [-0.3, -0.25) is 0 Å². The van der Waals surface area contributed by atoms with E-state index in [1.807, 2.05) is 6.07 Å². The van der Waals surface area contributed by atoms with Crippen LogP contribution >= 0.6 is 0 Å². The molecule has 0 saturated heterocycles. The number of hydrogen-bond acceptors (Lipinski definition) is 1. The number of hydrogen-bond donors (Lipinski definition) is 1. The Morgan fingerprint density at radius 1 is 1.42 bits per heavy atom. The Labute approximate surface area is 71.6 Å². The van der Waals surface area contributed by atoms with Crippen LogP contribution in [0.1, 0.15) is 18.1 Å². The maximum atomic E-state index is 12.8. The first kappa shape index (κ1) is 7.74. The van der Waals surface area contributed by atoms with Crippen LogP contribution in [0.5, 0.6) is 0 Å². The maximum Gasteiger partial charge on any atom is 0.123 e. The SMILES string of the molecule is C[C@H]1Cc2ccc(F)cc2CN1. The molecule has 0 unspecified atom stereocenters. The summed E-state index contributed by atoms with van der Waals surface area (Å²) >= 11 is 0. The van der Waals surface area contributed by atoms with E-state index < -0.39 is 0 Å². The van der Waals surface area contributed by atoms with Crippen LogP contribution in [0.15, 0.2) is 18.2 Å². The maximum absolute atomic E-state index is 12.8. The summed E-state index contributed by atoms with van der Waals surface area (Å²) < 4.78 is 12.8. The van der Waals surface area contributed by atoms with Gasteiger partial charge >= 0.3 is 0 Å². The van der Waals surface area contributed by atoms with E-state index in [-0.39, 0.29) is 5.82 Å². The molecule has 1 aliphatic rings. The van der Waals surface area contributed by atoms with Gasteiger partial charge in [0.2, 0.25) is 0 Å². The summed E-state index contributed by atoms with van der Waals surface area (Å²) in [6.45, 7) is 2.94. The third-order valence-electron chi connectivity index (χ3n) is 2.34. The molecule has 0 amide bonds. The van der Waals surface area contributed by atoms with Crippen LogP contribution in [-0.4, -0.2) is 6.04 Å². The van der Waals surface area contributed by atoms with Gasteiger partial charge in [0.15, 0.2) is 0 Å². The van der Waals surface area contributed by atoms with Gasteiger partial charge in [-0.25, -0.2) is 4.39 Å². The second kappa shape index (κ2) is 2.87. The lowest BCUT2D eigenvalue weighted by Crippen LogP contribution is -2.32. The monoisotopic (exact) mass is 165 g/mol. The molecule has 1 nitrogen and oxygen atoms in total. The standard InChI is InChI=1S/C10H12FN/c1-7-4-8-2-3-10(11)5-9(8)6-12-7/h2-3,5,7,12H,4,6H2,1H3/t7-/m0/s1. The van der Waals surface area contributed by atoms with E-state index in [9.17, 15) is 4.39 Å². The highest BCUT2D eigenvalue weighted by Crippen LogP contribution is 2.17. The number of nitrogens with one attached hydrogen (secondary N) is 1. The number of rotatable bonds is 0. The van der Waals surface area contributed by atoms with Crippen LogP contribution in [0, 0.1) is 5.82 Å². The molecule has 0 bridgehead atoms. The summed E-state index contributed by atoms with van der Waals surface area (Å²) in [5.74, 6) is -0.134. The Morgan fingerprint density at radius 3 is 3.08 bits per heavy atom. The van der Waals surface area contributed by atoms with E-state index >= 15 is 0 Å². The van der Waals surface area contributed by atoms with Crippen molar-refractivity contribution >= 4 is 0 Å². The highest BCUT2D eigenvalue weighted by molar-refractivity contribution is 5.30. The summed E-state index contributed by atoms with van der Waals surface area (Å²) in [5, 5.41) is 3.30. The molecule has 0 saturated carbocycles. The van der Waals surface area contributed by atoms with Crippen LogP contribution in [-0.2, 0) is 13.0 Å². The van der Waals surface area contributed by atoms with Crippen LogP contribution in [0.3, 0.4) is 0 Å². The Hall–Kier alpha value is -0.890. The van der Waals surface area contributed by atoms with E-state index in [4.69, 9.17) is 0 Å². The Bertz CT molecular complexity index is 296. The lowest BCUT2D eigenvalue weighted by atomic mass is 9.97. The highest BCUT2D eigenvalue weighted by Gasteiger charge is 2.13. The van der Waals surface area contributed by atoms with Gasteiger partial charge < -0.3 is 5.32 Å². The predicted molar refractivity (Wildman–Crippen MR) is 46.4 cm³/mol. The van der Waals surface area contributed by atoms with Gasteiger partial charge in [0, 0.05) is 12.6 Å². The molecule has 0 fully saturated rings. The minimum Gasteiger partial charge on any atom is -0.310 e. The molecule has 1 aromatic rings. The summed E-state index contributed by atoms with van der Waals surface area (Å²) in [4.78, 5) is 0. The largest absolute Gasteiger partial charge is 0.310 e. The van der Waals surface area contributed by atoms with Crippen LogP contribution in [0.4, 0.5) is 4.39 Å². The molecular weight excluding hydrogens is 153 g/mol. The number of benzene rings is 1. The first-order valence-corrected chi connectivity index (χ1v) is 4.26. The van der Waals surface area contributed by atoms with Gasteiger partial charge in [0.05, 0.1) is 0 Å². The first-order valence-electron chi connectivity index (χ1n) is 4.26. The molecule has 2 rings (SSSR count). The van der Waals surface area contributed by atoms with Crippen molar-refractivity contribution in [3.63, 3.8) is 0 Å². The van der Waals surface area contributed by atoms with Gasteiger partial charge in [0.25, 0.3) is 0 Å². The molecular formula is C10H12FN. The fourth-order valence-electron chi connectivity index (χ4n) is 1.64. The van der Waals surface area contributed by atoms with Crippen LogP contribution in [0.2, 0.25) is 0 Å². The van der Waals surface area contributed by atoms with Crippen molar-refractivity contribution in [3.8, 4) is 0 Å². The lowest BCUT2D eigenvalue weighted by molar-refractivity contribution is 0.509. The summed E-state index contributed by atoms with van der Waals surface area (Å²) in [7, 11) is 0. The smallest absolute Gasteiger partial charge is 0.123 e. The zero-order valence-corrected chi connectivity index (χ0v) is 7.10. The summed E-state index contributed by atoms with van der Waals surface area (Å²) in [5.41, 5.74) is 2.38.